The number of rotatable bonds is 5. The Morgan fingerprint density at radius 1 is 1.21 bits per heavy atom. The maximum Gasteiger partial charge on any atom is 0.140 e. The minimum absolute atomic E-state index is 0.00943. The molecule has 0 unspecified atom stereocenters. The van der Waals surface area contributed by atoms with Gasteiger partial charge in [0.15, 0.2) is 0 Å². The summed E-state index contributed by atoms with van der Waals surface area (Å²) in [6.45, 7) is 2.22. The molecule has 0 aliphatic rings. The number of halogens is 2. The zero-order valence-electron chi connectivity index (χ0n) is 10.5. The standard InChI is InChI=1S/C14H15F2NO2/c1-9(8-18)17-7-10-5-6-13(19-10)14-11(15)3-2-4-12(14)16/h2-6,9,17-18H,7-8H2,1H3/t9-/m1/s1. The van der Waals surface area contributed by atoms with E-state index in [2.05, 4.69) is 5.32 Å². The molecule has 0 bridgehead atoms. The Balaban J connectivity index is 2.17. The number of aliphatic hydroxyl groups is 1. The highest BCUT2D eigenvalue weighted by Gasteiger charge is 2.14. The first-order chi connectivity index (χ1) is 9.11. The van der Waals surface area contributed by atoms with E-state index in [1.54, 1.807) is 6.07 Å². The maximum atomic E-state index is 13.6. The summed E-state index contributed by atoms with van der Waals surface area (Å²) >= 11 is 0. The van der Waals surface area contributed by atoms with Crippen LogP contribution in [0.3, 0.4) is 0 Å². The van der Waals surface area contributed by atoms with Gasteiger partial charge in [0.05, 0.1) is 18.7 Å². The van der Waals surface area contributed by atoms with Crippen molar-refractivity contribution in [1.29, 1.82) is 0 Å². The molecular weight excluding hydrogens is 252 g/mol. The summed E-state index contributed by atoms with van der Waals surface area (Å²) in [5.74, 6) is -0.600. The Hall–Kier alpha value is -1.72. The van der Waals surface area contributed by atoms with Crippen molar-refractivity contribution in [2.75, 3.05) is 6.61 Å². The highest BCUT2D eigenvalue weighted by Crippen LogP contribution is 2.27. The fourth-order valence-corrected chi connectivity index (χ4v) is 1.68. The average molecular weight is 267 g/mol. The topological polar surface area (TPSA) is 45.4 Å². The molecule has 0 aliphatic carbocycles. The molecule has 0 aliphatic heterocycles. The zero-order valence-corrected chi connectivity index (χ0v) is 10.5. The molecule has 0 fully saturated rings. The summed E-state index contributed by atoms with van der Waals surface area (Å²) in [6.07, 6.45) is 0. The predicted octanol–water partition coefficient (Wildman–Crippen LogP) is 2.70. The molecule has 5 heteroatoms. The molecular formula is C14H15F2NO2. The van der Waals surface area contributed by atoms with Crippen LogP contribution in [-0.4, -0.2) is 17.8 Å². The van der Waals surface area contributed by atoms with Gasteiger partial charge >= 0.3 is 0 Å². The Morgan fingerprint density at radius 3 is 2.53 bits per heavy atom. The van der Waals surface area contributed by atoms with Crippen molar-refractivity contribution in [3.05, 3.63) is 47.7 Å². The van der Waals surface area contributed by atoms with Crippen molar-refractivity contribution >= 4 is 0 Å². The van der Waals surface area contributed by atoms with Crippen LogP contribution in [0.25, 0.3) is 11.3 Å². The number of furan rings is 1. The van der Waals surface area contributed by atoms with Crippen LogP contribution in [0.4, 0.5) is 8.78 Å². The summed E-state index contributed by atoms with van der Waals surface area (Å²) in [5.41, 5.74) is -0.163. The van der Waals surface area contributed by atoms with E-state index in [0.29, 0.717) is 12.3 Å². The lowest BCUT2D eigenvalue weighted by Crippen LogP contribution is -2.28. The van der Waals surface area contributed by atoms with Crippen LogP contribution in [-0.2, 0) is 6.54 Å². The monoisotopic (exact) mass is 267 g/mol. The number of nitrogens with one attached hydrogen (secondary N) is 1. The van der Waals surface area contributed by atoms with Gasteiger partial charge in [-0.25, -0.2) is 8.78 Å². The molecule has 0 spiro atoms. The van der Waals surface area contributed by atoms with E-state index in [-0.39, 0.29) is 24.0 Å². The van der Waals surface area contributed by atoms with E-state index < -0.39 is 11.6 Å². The maximum absolute atomic E-state index is 13.6. The summed E-state index contributed by atoms with van der Waals surface area (Å²) in [4.78, 5) is 0. The number of benzene rings is 1. The van der Waals surface area contributed by atoms with Crippen molar-refractivity contribution in [3.8, 4) is 11.3 Å². The first-order valence-electron chi connectivity index (χ1n) is 5.99. The third-order valence-corrected chi connectivity index (χ3v) is 2.77. The summed E-state index contributed by atoms with van der Waals surface area (Å²) in [7, 11) is 0. The fraction of sp³-hybridized carbons (Fsp3) is 0.286. The highest BCUT2D eigenvalue weighted by molar-refractivity contribution is 5.59. The van der Waals surface area contributed by atoms with E-state index in [0.717, 1.165) is 0 Å². The van der Waals surface area contributed by atoms with Gasteiger partial charge in [0, 0.05) is 6.04 Å². The minimum atomic E-state index is -0.655. The molecule has 1 heterocycles. The van der Waals surface area contributed by atoms with Crippen molar-refractivity contribution in [1.82, 2.24) is 5.32 Å². The molecule has 1 aromatic heterocycles. The van der Waals surface area contributed by atoms with E-state index in [1.807, 2.05) is 6.92 Å². The van der Waals surface area contributed by atoms with Gasteiger partial charge in [-0.15, -0.1) is 0 Å². The van der Waals surface area contributed by atoms with Gasteiger partial charge in [-0.05, 0) is 31.2 Å². The summed E-state index contributed by atoms with van der Waals surface area (Å²) in [5, 5.41) is 11.9. The molecule has 19 heavy (non-hydrogen) atoms. The summed E-state index contributed by atoms with van der Waals surface area (Å²) < 4.78 is 32.5. The van der Waals surface area contributed by atoms with Crippen molar-refractivity contribution in [3.63, 3.8) is 0 Å². The van der Waals surface area contributed by atoms with E-state index >= 15 is 0 Å². The molecule has 0 saturated carbocycles. The number of hydrogen-bond acceptors (Lipinski definition) is 3. The second kappa shape index (κ2) is 5.95. The van der Waals surface area contributed by atoms with Crippen LogP contribution in [0.15, 0.2) is 34.7 Å². The van der Waals surface area contributed by atoms with Crippen molar-refractivity contribution in [2.24, 2.45) is 0 Å². The van der Waals surface area contributed by atoms with Gasteiger partial charge < -0.3 is 14.8 Å². The van der Waals surface area contributed by atoms with Gasteiger partial charge in [0.25, 0.3) is 0 Å². The van der Waals surface area contributed by atoms with Crippen LogP contribution in [0.2, 0.25) is 0 Å². The molecule has 0 saturated heterocycles. The third kappa shape index (κ3) is 3.19. The Labute approximate surface area is 109 Å². The lowest BCUT2D eigenvalue weighted by molar-refractivity contribution is 0.248. The van der Waals surface area contributed by atoms with Crippen LogP contribution < -0.4 is 5.32 Å². The van der Waals surface area contributed by atoms with Gasteiger partial charge in [-0.1, -0.05) is 6.07 Å². The quantitative estimate of drug-likeness (QED) is 0.875. The lowest BCUT2D eigenvalue weighted by Gasteiger charge is -2.08. The SMILES string of the molecule is C[C@H](CO)NCc1ccc(-c2c(F)cccc2F)o1. The fourth-order valence-electron chi connectivity index (χ4n) is 1.68. The van der Waals surface area contributed by atoms with Gasteiger partial charge in [-0.3, -0.25) is 0 Å². The highest BCUT2D eigenvalue weighted by atomic mass is 19.1. The van der Waals surface area contributed by atoms with Crippen molar-refractivity contribution in [2.45, 2.75) is 19.5 Å². The first kappa shape index (κ1) is 13.7. The lowest BCUT2D eigenvalue weighted by atomic mass is 10.1. The second-order valence-corrected chi connectivity index (χ2v) is 4.33. The Morgan fingerprint density at radius 2 is 1.89 bits per heavy atom. The molecule has 3 nitrogen and oxygen atoms in total. The Kier molecular flexibility index (Phi) is 4.29. The van der Waals surface area contributed by atoms with Gasteiger partial charge in [0.2, 0.25) is 0 Å². The van der Waals surface area contributed by atoms with Crippen molar-refractivity contribution < 1.29 is 18.3 Å². The van der Waals surface area contributed by atoms with E-state index in [9.17, 15) is 8.78 Å². The number of aliphatic hydroxyl groups excluding tert-OH is 1. The van der Waals surface area contributed by atoms with Crippen LogP contribution in [0.1, 0.15) is 12.7 Å². The predicted molar refractivity (Wildman–Crippen MR) is 67.4 cm³/mol. The van der Waals surface area contributed by atoms with Crippen LogP contribution in [0, 0.1) is 11.6 Å². The minimum Gasteiger partial charge on any atom is -0.460 e. The Bertz CT molecular complexity index is 534. The first-order valence-corrected chi connectivity index (χ1v) is 5.99. The van der Waals surface area contributed by atoms with E-state index in [4.69, 9.17) is 9.52 Å². The average Bonchev–Trinajstić information content (AvgIpc) is 2.84. The number of hydrogen-bond donors (Lipinski definition) is 2. The second-order valence-electron chi connectivity index (χ2n) is 4.33. The van der Waals surface area contributed by atoms with E-state index in [1.165, 1.54) is 24.3 Å². The van der Waals surface area contributed by atoms with Crippen LogP contribution in [0.5, 0.6) is 0 Å². The smallest absolute Gasteiger partial charge is 0.140 e. The molecule has 2 N–H and O–H groups in total. The molecule has 0 radical (unpaired) electrons. The zero-order chi connectivity index (χ0) is 13.8. The normalized spacial score (nSPS) is 12.6. The van der Waals surface area contributed by atoms with Gasteiger partial charge in [-0.2, -0.15) is 0 Å². The molecule has 2 rings (SSSR count). The molecule has 0 amide bonds. The molecule has 1 atom stereocenters. The largest absolute Gasteiger partial charge is 0.460 e. The molecule has 1 aromatic carbocycles. The molecule has 102 valence electrons. The van der Waals surface area contributed by atoms with Crippen LogP contribution >= 0.6 is 0 Å². The summed E-state index contributed by atoms with van der Waals surface area (Å²) in [6, 6.07) is 6.79. The third-order valence-electron chi connectivity index (χ3n) is 2.77. The molecule has 2 aromatic rings. The van der Waals surface area contributed by atoms with Gasteiger partial charge in [0.1, 0.15) is 23.2 Å².